The highest BCUT2D eigenvalue weighted by molar-refractivity contribution is 6.46. The molecule has 1 aromatic heterocycles. The number of para-hydroxylation sites is 1. The summed E-state index contributed by atoms with van der Waals surface area (Å²) in [6.45, 7) is 0.0874. The highest BCUT2D eigenvalue weighted by Gasteiger charge is 2.46. The lowest BCUT2D eigenvalue weighted by Crippen LogP contribution is -2.29. The Balaban J connectivity index is 1.66. The van der Waals surface area contributed by atoms with Gasteiger partial charge in [-0.15, -0.1) is 0 Å². The van der Waals surface area contributed by atoms with Gasteiger partial charge in [-0.3, -0.25) is 14.6 Å². The number of halogens is 1. The highest BCUT2D eigenvalue weighted by atomic mass is 35.5. The molecule has 8 nitrogen and oxygen atoms in total. The third kappa shape index (κ3) is 5.21. The van der Waals surface area contributed by atoms with E-state index in [9.17, 15) is 14.7 Å². The number of hydrogen-bond donors (Lipinski definition) is 1. The average Bonchev–Trinajstić information content (AvgIpc) is 3.23. The molecule has 0 spiro atoms. The average molecular weight is 557 g/mol. The van der Waals surface area contributed by atoms with Crippen molar-refractivity contribution < 1.29 is 28.9 Å². The van der Waals surface area contributed by atoms with Gasteiger partial charge in [0.25, 0.3) is 11.7 Å². The highest BCUT2D eigenvalue weighted by Crippen LogP contribution is 2.44. The van der Waals surface area contributed by atoms with E-state index < -0.39 is 23.5 Å². The molecule has 4 aromatic rings. The molecule has 0 radical (unpaired) electrons. The van der Waals surface area contributed by atoms with Crippen molar-refractivity contribution in [1.82, 2.24) is 9.88 Å². The van der Waals surface area contributed by atoms with E-state index in [0.717, 1.165) is 5.56 Å². The van der Waals surface area contributed by atoms with E-state index in [1.165, 1.54) is 31.3 Å². The SMILES string of the molecule is COc1cc(OC)c(/C(O)=C2\C(=O)C(=O)N(Cc3cccnc3)C2c2cccc(Oc3ccccc3)c2)cc1Cl. The number of pyridine rings is 1. The minimum Gasteiger partial charge on any atom is -0.507 e. The Kier molecular flexibility index (Phi) is 7.70. The van der Waals surface area contributed by atoms with E-state index >= 15 is 0 Å². The van der Waals surface area contributed by atoms with Crippen molar-refractivity contribution in [2.75, 3.05) is 14.2 Å². The van der Waals surface area contributed by atoms with Gasteiger partial charge in [0.05, 0.1) is 36.4 Å². The Morgan fingerprint density at radius 2 is 1.68 bits per heavy atom. The Morgan fingerprint density at radius 3 is 2.38 bits per heavy atom. The quantitative estimate of drug-likeness (QED) is 0.157. The zero-order chi connectivity index (χ0) is 28.2. The first-order valence-corrected chi connectivity index (χ1v) is 12.7. The molecule has 1 fully saturated rings. The maximum atomic E-state index is 13.5. The van der Waals surface area contributed by atoms with Gasteiger partial charge >= 0.3 is 0 Å². The van der Waals surface area contributed by atoms with Crippen LogP contribution in [0.1, 0.15) is 22.7 Å². The molecular weight excluding hydrogens is 532 g/mol. The summed E-state index contributed by atoms with van der Waals surface area (Å²) in [5.74, 6) is -0.347. The number of aliphatic hydroxyl groups excluding tert-OH is 1. The number of carbonyl (C=O) groups is 2. The fourth-order valence-electron chi connectivity index (χ4n) is 4.64. The molecule has 0 saturated carbocycles. The number of Topliss-reactive ketones (excluding diaryl/α,β-unsaturated/α-hetero) is 1. The van der Waals surface area contributed by atoms with Crippen molar-refractivity contribution in [3.8, 4) is 23.0 Å². The van der Waals surface area contributed by atoms with Gasteiger partial charge < -0.3 is 24.2 Å². The van der Waals surface area contributed by atoms with E-state index in [1.54, 1.807) is 42.7 Å². The number of aromatic nitrogens is 1. The second kappa shape index (κ2) is 11.5. The number of benzene rings is 3. The first-order valence-electron chi connectivity index (χ1n) is 12.3. The molecule has 1 saturated heterocycles. The van der Waals surface area contributed by atoms with Gasteiger partial charge in [0.2, 0.25) is 0 Å². The molecule has 0 aliphatic carbocycles. The Hall–Kier alpha value is -4.82. The van der Waals surface area contributed by atoms with Crippen molar-refractivity contribution >= 4 is 29.1 Å². The molecule has 3 aromatic carbocycles. The summed E-state index contributed by atoms with van der Waals surface area (Å²) in [5, 5.41) is 11.8. The molecule has 1 atom stereocenters. The number of aliphatic hydroxyl groups is 1. The van der Waals surface area contributed by atoms with Gasteiger partial charge in [0, 0.05) is 25.0 Å². The predicted octanol–water partition coefficient (Wildman–Crippen LogP) is 6.17. The number of amides is 1. The monoisotopic (exact) mass is 556 g/mol. The van der Waals surface area contributed by atoms with Crippen molar-refractivity contribution in [3.63, 3.8) is 0 Å². The Bertz CT molecular complexity index is 1590. The molecule has 1 N–H and O–H groups in total. The van der Waals surface area contributed by atoms with Crippen LogP contribution in [0.15, 0.2) is 96.8 Å². The molecule has 1 unspecified atom stereocenters. The molecule has 1 aliphatic rings. The molecule has 9 heteroatoms. The molecule has 1 aliphatic heterocycles. The van der Waals surface area contributed by atoms with Gasteiger partial charge in [0.15, 0.2) is 0 Å². The number of nitrogens with zero attached hydrogens (tertiary/aromatic N) is 2. The van der Waals surface area contributed by atoms with E-state index in [-0.39, 0.29) is 28.5 Å². The van der Waals surface area contributed by atoms with Crippen LogP contribution in [0.3, 0.4) is 0 Å². The van der Waals surface area contributed by atoms with Crippen LogP contribution < -0.4 is 14.2 Å². The van der Waals surface area contributed by atoms with Crippen molar-refractivity contribution in [2.24, 2.45) is 0 Å². The summed E-state index contributed by atoms with van der Waals surface area (Å²) in [5.41, 5.74) is 1.33. The van der Waals surface area contributed by atoms with Crippen LogP contribution in [-0.2, 0) is 16.1 Å². The van der Waals surface area contributed by atoms with Crippen LogP contribution in [0.25, 0.3) is 5.76 Å². The minimum atomic E-state index is -0.940. The predicted molar refractivity (Wildman–Crippen MR) is 150 cm³/mol. The summed E-state index contributed by atoms with van der Waals surface area (Å²) in [7, 11) is 2.87. The second-order valence-electron chi connectivity index (χ2n) is 8.96. The lowest BCUT2D eigenvalue weighted by atomic mass is 9.94. The van der Waals surface area contributed by atoms with Gasteiger partial charge in [-0.25, -0.2) is 0 Å². The molecule has 1 amide bonds. The van der Waals surface area contributed by atoms with Crippen molar-refractivity contribution in [1.29, 1.82) is 0 Å². The van der Waals surface area contributed by atoms with E-state index in [2.05, 4.69) is 4.98 Å². The number of hydrogen-bond acceptors (Lipinski definition) is 7. The van der Waals surface area contributed by atoms with Crippen LogP contribution in [0, 0.1) is 0 Å². The number of likely N-dealkylation sites (tertiary alicyclic amines) is 1. The summed E-state index contributed by atoms with van der Waals surface area (Å²) in [4.78, 5) is 32.5. The van der Waals surface area contributed by atoms with Gasteiger partial charge in [0.1, 0.15) is 28.8 Å². The zero-order valence-corrected chi connectivity index (χ0v) is 22.5. The summed E-state index contributed by atoms with van der Waals surface area (Å²) < 4.78 is 16.7. The van der Waals surface area contributed by atoms with Crippen LogP contribution in [0.2, 0.25) is 5.02 Å². The molecule has 202 valence electrons. The molecule has 40 heavy (non-hydrogen) atoms. The third-order valence-electron chi connectivity index (χ3n) is 6.50. The van der Waals surface area contributed by atoms with Crippen LogP contribution >= 0.6 is 11.6 Å². The van der Waals surface area contributed by atoms with Crippen molar-refractivity contribution in [3.05, 3.63) is 119 Å². The smallest absolute Gasteiger partial charge is 0.295 e. The van der Waals surface area contributed by atoms with Gasteiger partial charge in [-0.1, -0.05) is 48.0 Å². The molecule has 0 bridgehead atoms. The fraction of sp³-hybridized carbons (Fsp3) is 0.129. The minimum absolute atomic E-state index is 0.0874. The summed E-state index contributed by atoms with van der Waals surface area (Å²) >= 11 is 6.36. The topological polar surface area (TPSA) is 98.2 Å². The van der Waals surface area contributed by atoms with E-state index in [4.69, 9.17) is 25.8 Å². The molecule has 5 rings (SSSR count). The summed E-state index contributed by atoms with van der Waals surface area (Å²) in [6.07, 6.45) is 3.25. The zero-order valence-electron chi connectivity index (χ0n) is 21.7. The molecular formula is C31H25ClN2O6. The van der Waals surface area contributed by atoms with Gasteiger partial charge in [-0.2, -0.15) is 0 Å². The maximum Gasteiger partial charge on any atom is 0.295 e. The molecule has 2 heterocycles. The van der Waals surface area contributed by atoms with Crippen LogP contribution in [-0.4, -0.2) is 40.9 Å². The fourth-order valence-corrected chi connectivity index (χ4v) is 4.88. The van der Waals surface area contributed by atoms with Crippen LogP contribution in [0.5, 0.6) is 23.0 Å². The van der Waals surface area contributed by atoms with E-state index in [0.29, 0.717) is 22.8 Å². The van der Waals surface area contributed by atoms with Crippen LogP contribution in [0.4, 0.5) is 0 Å². The Morgan fingerprint density at radius 1 is 0.925 bits per heavy atom. The van der Waals surface area contributed by atoms with E-state index in [1.807, 2.05) is 36.4 Å². The first-order chi connectivity index (χ1) is 19.4. The maximum absolute atomic E-state index is 13.5. The first kappa shape index (κ1) is 26.8. The number of methoxy groups -OCH3 is 2. The normalized spacial score (nSPS) is 16.2. The number of rotatable bonds is 8. The largest absolute Gasteiger partial charge is 0.507 e. The van der Waals surface area contributed by atoms with Gasteiger partial charge in [-0.05, 0) is 47.5 Å². The number of ketones is 1. The standard InChI is InChI=1S/C31H25ClN2O6/c1-38-25-16-26(39-2)24(32)15-23(25)29(35)27-28(34(31(37)30(27)36)18-19-8-7-13-33-17-19)20-9-6-12-22(14-20)40-21-10-4-3-5-11-21/h3-17,28,35H,18H2,1-2H3/b29-27+. The van der Waals surface area contributed by atoms with Crippen molar-refractivity contribution in [2.45, 2.75) is 12.6 Å². The second-order valence-corrected chi connectivity index (χ2v) is 9.37. The summed E-state index contributed by atoms with van der Waals surface area (Å²) in [6, 6.07) is 21.9. The third-order valence-corrected chi connectivity index (χ3v) is 6.79. The lowest BCUT2D eigenvalue weighted by Gasteiger charge is -2.26. The number of carbonyl (C=O) groups excluding carboxylic acids is 2. The lowest BCUT2D eigenvalue weighted by molar-refractivity contribution is -0.140. The number of ether oxygens (including phenoxy) is 3. The Labute approximate surface area is 236 Å².